The fourth-order valence-corrected chi connectivity index (χ4v) is 1.50. The van der Waals surface area contributed by atoms with Crippen LogP contribution in [0.5, 0.6) is 5.75 Å². The van der Waals surface area contributed by atoms with Crippen molar-refractivity contribution in [3.63, 3.8) is 0 Å². The molecule has 0 amide bonds. The van der Waals surface area contributed by atoms with Gasteiger partial charge in [0.15, 0.2) is 6.61 Å². The standard InChI is InChI=1S/C13H17NO3/c1-16-13(15)9-17-12-4-2-3-10(7-12)8-14-11-5-6-11/h2-4,7,11,14H,5-6,8-9H2,1H3. The molecule has 0 radical (unpaired) electrons. The maximum Gasteiger partial charge on any atom is 0.343 e. The molecule has 1 aromatic carbocycles. The van der Waals surface area contributed by atoms with Crippen LogP contribution in [-0.4, -0.2) is 25.7 Å². The van der Waals surface area contributed by atoms with Gasteiger partial charge in [-0.3, -0.25) is 0 Å². The fraction of sp³-hybridized carbons (Fsp3) is 0.462. The smallest absolute Gasteiger partial charge is 0.343 e. The summed E-state index contributed by atoms with van der Waals surface area (Å²) in [5.74, 6) is 0.331. The topological polar surface area (TPSA) is 47.6 Å². The van der Waals surface area contributed by atoms with Crippen LogP contribution in [0.15, 0.2) is 24.3 Å². The lowest BCUT2D eigenvalue weighted by Crippen LogP contribution is -2.15. The largest absolute Gasteiger partial charge is 0.482 e. The van der Waals surface area contributed by atoms with E-state index in [0.29, 0.717) is 11.8 Å². The Bertz CT molecular complexity index is 388. The third kappa shape index (κ3) is 4.07. The molecule has 1 fully saturated rings. The Kier molecular flexibility index (Phi) is 3.98. The van der Waals surface area contributed by atoms with Crippen molar-refractivity contribution in [1.82, 2.24) is 5.32 Å². The van der Waals surface area contributed by atoms with Crippen LogP contribution in [0, 0.1) is 0 Å². The molecule has 0 aliphatic heterocycles. The molecule has 0 heterocycles. The Balaban J connectivity index is 1.84. The lowest BCUT2D eigenvalue weighted by atomic mass is 10.2. The minimum atomic E-state index is -0.369. The van der Waals surface area contributed by atoms with Gasteiger partial charge in [-0.05, 0) is 30.5 Å². The molecule has 0 atom stereocenters. The van der Waals surface area contributed by atoms with Crippen LogP contribution in [-0.2, 0) is 16.1 Å². The number of hydrogen-bond acceptors (Lipinski definition) is 4. The molecule has 4 heteroatoms. The predicted molar refractivity (Wildman–Crippen MR) is 63.8 cm³/mol. The lowest BCUT2D eigenvalue weighted by molar-refractivity contribution is -0.142. The van der Waals surface area contributed by atoms with Crippen LogP contribution in [0.1, 0.15) is 18.4 Å². The van der Waals surface area contributed by atoms with E-state index in [-0.39, 0.29) is 12.6 Å². The fourth-order valence-electron chi connectivity index (χ4n) is 1.50. The minimum absolute atomic E-state index is 0.0456. The third-order valence-electron chi connectivity index (χ3n) is 2.66. The second-order valence-electron chi connectivity index (χ2n) is 4.17. The number of benzene rings is 1. The van der Waals surface area contributed by atoms with Gasteiger partial charge in [-0.1, -0.05) is 12.1 Å². The SMILES string of the molecule is COC(=O)COc1cccc(CNC2CC2)c1. The van der Waals surface area contributed by atoms with Crippen molar-refractivity contribution in [3.05, 3.63) is 29.8 Å². The highest BCUT2D eigenvalue weighted by Gasteiger charge is 2.19. The summed E-state index contributed by atoms with van der Waals surface area (Å²) in [5.41, 5.74) is 1.17. The van der Waals surface area contributed by atoms with Crippen LogP contribution in [0.25, 0.3) is 0 Å². The molecule has 92 valence electrons. The normalized spacial score (nSPS) is 14.4. The monoisotopic (exact) mass is 235 g/mol. The van der Waals surface area contributed by atoms with Crippen molar-refractivity contribution in [2.24, 2.45) is 0 Å². The molecule has 4 nitrogen and oxygen atoms in total. The molecule has 1 aliphatic rings. The van der Waals surface area contributed by atoms with Crippen LogP contribution >= 0.6 is 0 Å². The number of ether oxygens (including phenoxy) is 2. The number of carbonyl (C=O) groups is 1. The van der Waals surface area contributed by atoms with Crippen LogP contribution in [0.3, 0.4) is 0 Å². The Morgan fingerprint density at radius 2 is 2.29 bits per heavy atom. The first-order chi connectivity index (χ1) is 8.28. The summed E-state index contributed by atoms with van der Waals surface area (Å²) in [6.45, 7) is 0.802. The van der Waals surface area contributed by atoms with Gasteiger partial charge >= 0.3 is 5.97 Å². The van der Waals surface area contributed by atoms with Gasteiger partial charge < -0.3 is 14.8 Å². The zero-order chi connectivity index (χ0) is 12.1. The van der Waals surface area contributed by atoms with E-state index in [2.05, 4.69) is 10.1 Å². The van der Waals surface area contributed by atoms with E-state index in [4.69, 9.17) is 4.74 Å². The van der Waals surface area contributed by atoms with Crippen molar-refractivity contribution < 1.29 is 14.3 Å². The highest BCUT2D eigenvalue weighted by Crippen LogP contribution is 2.20. The van der Waals surface area contributed by atoms with Crippen LogP contribution in [0.2, 0.25) is 0 Å². The third-order valence-corrected chi connectivity index (χ3v) is 2.66. The van der Waals surface area contributed by atoms with E-state index in [0.717, 1.165) is 6.54 Å². The summed E-state index contributed by atoms with van der Waals surface area (Å²) in [6.07, 6.45) is 2.55. The van der Waals surface area contributed by atoms with E-state index in [9.17, 15) is 4.79 Å². The maximum atomic E-state index is 10.9. The van der Waals surface area contributed by atoms with Crippen molar-refractivity contribution in [2.45, 2.75) is 25.4 Å². The first kappa shape index (κ1) is 11.9. The molecule has 1 aliphatic carbocycles. The number of methoxy groups -OCH3 is 1. The zero-order valence-corrected chi connectivity index (χ0v) is 9.94. The van der Waals surface area contributed by atoms with E-state index in [1.165, 1.54) is 25.5 Å². The molecule has 0 aromatic heterocycles. The summed E-state index contributed by atoms with van der Waals surface area (Å²) in [5, 5.41) is 3.43. The maximum absolute atomic E-state index is 10.9. The highest BCUT2D eigenvalue weighted by molar-refractivity contribution is 5.70. The average molecular weight is 235 g/mol. The summed E-state index contributed by atoms with van der Waals surface area (Å²) < 4.78 is 9.83. The zero-order valence-electron chi connectivity index (χ0n) is 9.94. The van der Waals surface area contributed by atoms with Gasteiger partial charge in [-0.25, -0.2) is 4.79 Å². The molecule has 0 spiro atoms. The Labute approximate surface area is 101 Å². The van der Waals surface area contributed by atoms with Gasteiger partial charge in [0, 0.05) is 12.6 Å². The van der Waals surface area contributed by atoms with E-state index in [1.54, 1.807) is 0 Å². The molecule has 1 N–H and O–H groups in total. The number of nitrogens with one attached hydrogen (secondary N) is 1. The molecule has 17 heavy (non-hydrogen) atoms. The van der Waals surface area contributed by atoms with Gasteiger partial charge in [0.1, 0.15) is 5.75 Å². The molecule has 0 unspecified atom stereocenters. The molecule has 0 bridgehead atoms. The Morgan fingerprint density at radius 3 is 3.00 bits per heavy atom. The first-order valence-corrected chi connectivity index (χ1v) is 5.80. The van der Waals surface area contributed by atoms with Gasteiger partial charge in [-0.15, -0.1) is 0 Å². The molecule has 1 aromatic rings. The van der Waals surface area contributed by atoms with Gasteiger partial charge in [0.25, 0.3) is 0 Å². The quantitative estimate of drug-likeness (QED) is 0.759. The summed E-state index contributed by atoms with van der Waals surface area (Å²) in [7, 11) is 1.35. The number of carbonyl (C=O) groups excluding carboxylic acids is 1. The molecule has 0 saturated heterocycles. The second kappa shape index (κ2) is 5.68. The highest BCUT2D eigenvalue weighted by atomic mass is 16.6. The molecule has 2 rings (SSSR count). The average Bonchev–Trinajstić information content (AvgIpc) is 3.18. The van der Waals surface area contributed by atoms with Crippen LogP contribution < -0.4 is 10.1 Å². The van der Waals surface area contributed by atoms with E-state index in [1.807, 2.05) is 24.3 Å². The van der Waals surface area contributed by atoms with Gasteiger partial charge in [-0.2, -0.15) is 0 Å². The predicted octanol–water partition coefficient (Wildman–Crippen LogP) is 1.49. The Morgan fingerprint density at radius 1 is 1.47 bits per heavy atom. The van der Waals surface area contributed by atoms with Crippen LogP contribution in [0.4, 0.5) is 0 Å². The minimum Gasteiger partial charge on any atom is -0.482 e. The summed E-state index contributed by atoms with van der Waals surface area (Å²) in [6, 6.07) is 8.44. The second-order valence-corrected chi connectivity index (χ2v) is 4.17. The van der Waals surface area contributed by atoms with E-state index >= 15 is 0 Å². The van der Waals surface area contributed by atoms with E-state index < -0.39 is 0 Å². The van der Waals surface area contributed by atoms with Gasteiger partial charge in [0.05, 0.1) is 7.11 Å². The van der Waals surface area contributed by atoms with Crippen molar-refractivity contribution in [3.8, 4) is 5.75 Å². The molecular weight excluding hydrogens is 218 g/mol. The van der Waals surface area contributed by atoms with Crippen molar-refractivity contribution >= 4 is 5.97 Å². The number of esters is 1. The number of hydrogen-bond donors (Lipinski definition) is 1. The Hall–Kier alpha value is -1.55. The van der Waals surface area contributed by atoms with Crippen molar-refractivity contribution in [2.75, 3.05) is 13.7 Å². The summed E-state index contributed by atoms with van der Waals surface area (Å²) in [4.78, 5) is 10.9. The van der Waals surface area contributed by atoms with Crippen molar-refractivity contribution in [1.29, 1.82) is 0 Å². The molecular formula is C13H17NO3. The summed E-state index contributed by atoms with van der Waals surface area (Å²) >= 11 is 0. The first-order valence-electron chi connectivity index (χ1n) is 5.80. The van der Waals surface area contributed by atoms with Gasteiger partial charge in [0.2, 0.25) is 0 Å². The molecule has 1 saturated carbocycles. The number of rotatable bonds is 6. The lowest BCUT2D eigenvalue weighted by Gasteiger charge is -2.07.